The second-order valence-corrected chi connectivity index (χ2v) is 11.2. The van der Waals surface area contributed by atoms with Gasteiger partial charge < -0.3 is 43.2 Å². The largest absolute Gasteiger partial charge is 0.493 e. The molecule has 2 aliphatic rings. The first-order valence-electron chi connectivity index (χ1n) is 15.1. The van der Waals surface area contributed by atoms with E-state index in [0.29, 0.717) is 93.0 Å². The highest BCUT2D eigenvalue weighted by Gasteiger charge is 2.27. The van der Waals surface area contributed by atoms with E-state index in [1.165, 1.54) is 13.2 Å². The number of benzene rings is 2. The van der Waals surface area contributed by atoms with Gasteiger partial charge in [0.2, 0.25) is 17.4 Å². The highest BCUT2D eigenvalue weighted by molar-refractivity contribution is 5.94. The molecule has 2 aromatic carbocycles. The van der Waals surface area contributed by atoms with Crippen molar-refractivity contribution in [3.63, 3.8) is 0 Å². The van der Waals surface area contributed by atoms with Gasteiger partial charge in [-0.15, -0.1) is 0 Å². The minimum Gasteiger partial charge on any atom is -0.493 e. The van der Waals surface area contributed by atoms with E-state index >= 15 is 0 Å². The van der Waals surface area contributed by atoms with Crippen molar-refractivity contribution in [1.29, 1.82) is 0 Å². The molecule has 2 heterocycles. The fourth-order valence-electron chi connectivity index (χ4n) is 5.01. The van der Waals surface area contributed by atoms with Gasteiger partial charge in [-0.1, -0.05) is 13.8 Å². The predicted molar refractivity (Wildman–Crippen MR) is 167 cm³/mol. The molecule has 45 heavy (non-hydrogen) atoms. The van der Waals surface area contributed by atoms with Gasteiger partial charge in [0, 0.05) is 38.8 Å². The Morgan fingerprint density at radius 3 is 2.22 bits per heavy atom. The Balaban J connectivity index is 1.26. The average Bonchev–Trinajstić information content (AvgIpc) is 3.05. The van der Waals surface area contributed by atoms with E-state index < -0.39 is 12.1 Å². The number of fused-ring (bicyclic) bond motifs is 1. The number of aliphatic hydroxyl groups excluding tert-OH is 1. The summed E-state index contributed by atoms with van der Waals surface area (Å²) in [5.74, 6) is 2.36. The zero-order valence-electron chi connectivity index (χ0n) is 26.7. The zero-order valence-corrected chi connectivity index (χ0v) is 26.7. The van der Waals surface area contributed by atoms with Crippen molar-refractivity contribution in [3.05, 3.63) is 41.5 Å². The van der Waals surface area contributed by atoms with Crippen molar-refractivity contribution < 1.29 is 47.9 Å². The van der Waals surface area contributed by atoms with Gasteiger partial charge in [0.15, 0.2) is 23.0 Å². The fraction of sp³-hybridized carbons (Fsp3) is 0.515. The van der Waals surface area contributed by atoms with Gasteiger partial charge >= 0.3 is 5.97 Å². The molecule has 12 nitrogen and oxygen atoms in total. The zero-order chi connectivity index (χ0) is 32.3. The molecule has 1 unspecified atom stereocenters. The van der Waals surface area contributed by atoms with Gasteiger partial charge in [0.1, 0.15) is 31.5 Å². The summed E-state index contributed by atoms with van der Waals surface area (Å²) in [6.07, 6.45) is 3.23. The minimum atomic E-state index is -0.784. The van der Waals surface area contributed by atoms with Crippen LogP contribution in [0.2, 0.25) is 0 Å². The molecule has 1 saturated heterocycles. The Bertz CT molecular complexity index is 1310. The molecular weight excluding hydrogens is 584 g/mol. The summed E-state index contributed by atoms with van der Waals surface area (Å²) in [6.45, 7) is 7.75. The molecule has 0 aliphatic carbocycles. The van der Waals surface area contributed by atoms with Crippen molar-refractivity contribution in [2.45, 2.75) is 26.4 Å². The number of hydrogen-bond donors (Lipinski definition) is 1. The van der Waals surface area contributed by atoms with Gasteiger partial charge in [-0.3, -0.25) is 9.69 Å². The van der Waals surface area contributed by atoms with Crippen molar-refractivity contribution >= 4 is 18.0 Å². The number of piperazine rings is 1. The molecule has 0 saturated carbocycles. The quantitative estimate of drug-likeness (QED) is 0.245. The second-order valence-electron chi connectivity index (χ2n) is 11.2. The van der Waals surface area contributed by atoms with Crippen LogP contribution in [0.15, 0.2) is 30.3 Å². The lowest BCUT2D eigenvalue weighted by molar-refractivity contribution is -0.127. The van der Waals surface area contributed by atoms with Gasteiger partial charge in [0.05, 0.1) is 27.9 Å². The Labute approximate surface area is 264 Å². The van der Waals surface area contributed by atoms with Crippen LogP contribution < -0.4 is 28.4 Å². The smallest absolute Gasteiger partial charge is 0.342 e. The third kappa shape index (κ3) is 8.95. The number of rotatable bonds is 14. The highest BCUT2D eigenvalue weighted by Crippen LogP contribution is 2.42. The lowest BCUT2D eigenvalue weighted by Gasteiger charge is -2.35. The lowest BCUT2D eigenvalue weighted by Crippen LogP contribution is -2.50. The number of nitrogens with zero attached hydrogens (tertiary/aromatic N) is 2. The van der Waals surface area contributed by atoms with E-state index in [9.17, 15) is 14.7 Å². The number of methoxy groups -OCH3 is 3. The van der Waals surface area contributed by atoms with Crippen LogP contribution in [0.3, 0.4) is 0 Å². The van der Waals surface area contributed by atoms with Crippen LogP contribution in [0, 0.1) is 5.92 Å². The van der Waals surface area contributed by atoms with Crippen molar-refractivity contribution in [2.75, 3.05) is 80.5 Å². The van der Waals surface area contributed by atoms with E-state index in [0.717, 1.165) is 12.0 Å². The van der Waals surface area contributed by atoms with Crippen LogP contribution >= 0.6 is 0 Å². The average molecular weight is 629 g/mol. The van der Waals surface area contributed by atoms with Gasteiger partial charge in [0.25, 0.3) is 0 Å². The van der Waals surface area contributed by atoms with E-state index in [4.69, 9.17) is 33.2 Å². The number of aliphatic hydroxyl groups is 1. The Hall–Kier alpha value is -4.16. The maximum absolute atomic E-state index is 12.9. The number of hydrogen-bond acceptors (Lipinski definition) is 11. The van der Waals surface area contributed by atoms with E-state index in [1.807, 2.05) is 0 Å². The summed E-state index contributed by atoms with van der Waals surface area (Å²) in [5, 5.41) is 10.7. The molecule has 0 bridgehead atoms. The first kappa shape index (κ1) is 33.7. The van der Waals surface area contributed by atoms with Crippen LogP contribution in [0.1, 0.15) is 36.2 Å². The summed E-state index contributed by atoms with van der Waals surface area (Å²) in [5.41, 5.74) is 1.03. The maximum atomic E-state index is 12.9. The molecule has 1 fully saturated rings. The Kier molecular flexibility index (Phi) is 12.2. The molecule has 0 spiro atoms. The molecule has 2 aliphatic heterocycles. The van der Waals surface area contributed by atoms with E-state index in [-0.39, 0.29) is 18.1 Å². The molecule has 1 atom stereocenters. The van der Waals surface area contributed by atoms with E-state index in [1.54, 1.807) is 49.5 Å². The SMILES string of the molecule is COc1cc(C=CC(=O)N2CCN(CC(O)COc3ccc(C(=O)OCCC(C)C)c4c3OCCO4)CC2)cc(OC)c1OC. The highest BCUT2D eigenvalue weighted by atomic mass is 16.6. The van der Waals surface area contributed by atoms with Crippen LogP contribution in [-0.2, 0) is 9.53 Å². The Morgan fingerprint density at radius 1 is 0.933 bits per heavy atom. The van der Waals surface area contributed by atoms with Crippen LogP contribution in [0.4, 0.5) is 0 Å². The standard InChI is InChI=1S/C33H44N2O10/c1-22(2)10-15-44-33(38)25-7-8-26(32-30(25)42-16-17-43-32)45-21-24(36)20-34-11-13-35(14-12-34)29(37)9-6-23-18-27(39-3)31(41-5)28(19-23)40-4/h6-9,18-19,22,24,36H,10-17,20-21H2,1-5H3. The van der Waals surface area contributed by atoms with Crippen LogP contribution in [0.5, 0.6) is 34.5 Å². The molecule has 0 aromatic heterocycles. The maximum Gasteiger partial charge on any atom is 0.342 e. The topological polar surface area (TPSA) is 125 Å². The molecule has 1 amide bonds. The molecular formula is C33H44N2O10. The molecule has 12 heteroatoms. The molecule has 4 rings (SSSR count). The molecule has 0 radical (unpaired) electrons. The summed E-state index contributed by atoms with van der Waals surface area (Å²) < 4.78 is 39.0. The normalized spacial score (nSPS) is 15.6. The van der Waals surface area contributed by atoms with Gasteiger partial charge in [-0.05, 0) is 48.2 Å². The minimum absolute atomic E-state index is 0.0185. The van der Waals surface area contributed by atoms with Crippen molar-refractivity contribution in [1.82, 2.24) is 9.80 Å². The third-order valence-electron chi connectivity index (χ3n) is 7.49. The number of esters is 1. The molecule has 1 N–H and O–H groups in total. The fourth-order valence-corrected chi connectivity index (χ4v) is 5.01. The lowest BCUT2D eigenvalue weighted by atomic mass is 10.1. The summed E-state index contributed by atoms with van der Waals surface area (Å²) in [4.78, 5) is 29.4. The number of ether oxygens (including phenoxy) is 7. The Morgan fingerprint density at radius 2 is 1.60 bits per heavy atom. The second kappa shape index (κ2) is 16.2. The van der Waals surface area contributed by atoms with Crippen molar-refractivity contribution in [3.8, 4) is 34.5 Å². The van der Waals surface area contributed by atoms with Gasteiger partial charge in [-0.2, -0.15) is 0 Å². The monoisotopic (exact) mass is 628 g/mol. The van der Waals surface area contributed by atoms with Crippen LogP contribution in [0.25, 0.3) is 6.08 Å². The number of carbonyl (C=O) groups excluding carboxylic acids is 2. The number of β-amino-alcohol motifs (C(OH)–C–C–N with tert-alkyl or cyclic N) is 1. The number of amides is 1. The molecule has 246 valence electrons. The summed E-state index contributed by atoms with van der Waals surface area (Å²) in [6, 6.07) is 6.78. The van der Waals surface area contributed by atoms with Crippen molar-refractivity contribution in [2.24, 2.45) is 5.92 Å². The predicted octanol–water partition coefficient (Wildman–Crippen LogP) is 3.28. The summed E-state index contributed by atoms with van der Waals surface area (Å²) >= 11 is 0. The molecule has 2 aromatic rings. The third-order valence-corrected chi connectivity index (χ3v) is 7.49. The first-order valence-corrected chi connectivity index (χ1v) is 15.1. The summed E-state index contributed by atoms with van der Waals surface area (Å²) in [7, 11) is 4.62. The number of carbonyl (C=O) groups is 2. The van der Waals surface area contributed by atoms with E-state index in [2.05, 4.69) is 18.7 Å². The first-order chi connectivity index (χ1) is 21.7. The van der Waals surface area contributed by atoms with Gasteiger partial charge in [-0.25, -0.2) is 4.79 Å². The van der Waals surface area contributed by atoms with Crippen LogP contribution in [-0.4, -0.2) is 113 Å².